The molecule has 3 rings (SSSR count). The monoisotopic (exact) mass is 454 g/mol. The van der Waals surface area contributed by atoms with Crippen LogP contribution in [0.3, 0.4) is 0 Å². The minimum atomic E-state index is -3.95. The van der Waals surface area contributed by atoms with Gasteiger partial charge >= 0.3 is 0 Å². The van der Waals surface area contributed by atoms with Crippen molar-refractivity contribution in [1.29, 1.82) is 0 Å². The van der Waals surface area contributed by atoms with E-state index >= 15 is 0 Å². The lowest BCUT2D eigenvalue weighted by Gasteiger charge is -2.10. The minimum absolute atomic E-state index is 0.0766. The van der Waals surface area contributed by atoms with E-state index in [0.717, 1.165) is 4.88 Å². The summed E-state index contributed by atoms with van der Waals surface area (Å²) in [6.45, 7) is 0.356. The average Bonchev–Trinajstić information content (AvgIpc) is 3.21. The molecule has 2 N–H and O–H groups in total. The Morgan fingerprint density at radius 3 is 2.48 bits per heavy atom. The summed E-state index contributed by atoms with van der Waals surface area (Å²) >= 11 is 1.89. The molecule has 0 aliphatic heterocycles. The van der Waals surface area contributed by atoms with E-state index in [1.807, 2.05) is 17.5 Å². The summed E-state index contributed by atoms with van der Waals surface area (Å²) in [6, 6.07) is 15.1. The van der Waals surface area contributed by atoms with Crippen molar-refractivity contribution in [3.05, 3.63) is 76.5 Å². The second-order valence-electron chi connectivity index (χ2n) is 5.80. The average molecular weight is 455 g/mol. The molecule has 5 nitrogen and oxygen atoms in total. The van der Waals surface area contributed by atoms with Crippen molar-refractivity contribution in [1.82, 2.24) is 5.32 Å². The smallest absolute Gasteiger partial charge is 0.288 e. The number of amides is 1. The molecule has 0 aliphatic carbocycles. The summed E-state index contributed by atoms with van der Waals surface area (Å²) in [6.07, 6.45) is 0. The Hall–Kier alpha value is -2.43. The van der Waals surface area contributed by atoms with Crippen LogP contribution >= 0.6 is 23.1 Å². The molecule has 1 heterocycles. The molecule has 0 saturated heterocycles. The molecule has 1 amide bonds. The number of hydrogen-bond acceptors (Lipinski definition) is 5. The summed E-state index contributed by atoms with van der Waals surface area (Å²) in [5.41, 5.74) is 0.448. The lowest BCUT2D eigenvalue weighted by atomic mass is 10.2. The van der Waals surface area contributed by atoms with E-state index in [0.29, 0.717) is 23.2 Å². The predicted octanol–water partition coefficient (Wildman–Crippen LogP) is 4.79. The Bertz CT molecular complexity index is 1070. The molecular weight excluding hydrogens is 438 g/mol. The molecule has 0 aliphatic rings. The molecule has 0 bridgehead atoms. The maximum Gasteiger partial charge on any atom is 0.288 e. The summed E-state index contributed by atoms with van der Waals surface area (Å²) in [5, 5.41) is 4.65. The highest BCUT2D eigenvalue weighted by atomic mass is 32.2. The van der Waals surface area contributed by atoms with Crippen LogP contribution in [0.5, 0.6) is 0 Å². The largest absolute Gasteiger partial charge is 0.347 e. The van der Waals surface area contributed by atoms with Gasteiger partial charge in [-0.25, -0.2) is 8.42 Å². The first-order chi connectivity index (χ1) is 13.8. The van der Waals surface area contributed by atoms with Crippen LogP contribution < -0.4 is 10.0 Å². The molecule has 2 aromatic carbocycles. The molecule has 0 fully saturated rings. The summed E-state index contributed by atoms with van der Waals surface area (Å²) < 4.78 is 52.4. The van der Waals surface area contributed by atoms with E-state index in [1.54, 1.807) is 0 Å². The zero-order chi connectivity index (χ0) is 20.9. The van der Waals surface area contributed by atoms with Crippen molar-refractivity contribution in [3.63, 3.8) is 0 Å². The van der Waals surface area contributed by atoms with Crippen LogP contribution in [0.25, 0.3) is 0 Å². The fraction of sp³-hybridized carbons (Fsp3) is 0.105. The quantitative estimate of drug-likeness (QED) is 0.480. The van der Waals surface area contributed by atoms with Gasteiger partial charge in [0.1, 0.15) is 0 Å². The number of carbonyl (C=O) groups excluding carboxylic acids is 1. The van der Waals surface area contributed by atoms with Crippen molar-refractivity contribution in [3.8, 4) is 0 Å². The highest BCUT2D eigenvalue weighted by Gasteiger charge is 2.17. The molecule has 0 unspecified atom stereocenters. The molecule has 0 saturated carbocycles. The molecule has 1 aromatic heterocycles. The second-order valence-corrected chi connectivity index (χ2v) is 9.58. The molecule has 10 heteroatoms. The van der Waals surface area contributed by atoms with Gasteiger partial charge in [-0.3, -0.25) is 9.52 Å². The van der Waals surface area contributed by atoms with Gasteiger partial charge in [-0.05, 0) is 53.9 Å². The maximum atomic E-state index is 12.6. The van der Waals surface area contributed by atoms with Crippen molar-refractivity contribution >= 4 is 44.7 Å². The Labute approximate surface area is 175 Å². The molecule has 29 heavy (non-hydrogen) atoms. The van der Waals surface area contributed by atoms with E-state index in [2.05, 4.69) is 10.0 Å². The Morgan fingerprint density at radius 2 is 1.83 bits per heavy atom. The fourth-order valence-corrected chi connectivity index (χ4v) is 4.65. The predicted molar refractivity (Wildman–Crippen MR) is 111 cm³/mol. The number of halogens is 2. The van der Waals surface area contributed by atoms with Gasteiger partial charge in [-0.2, -0.15) is 8.78 Å². The number of thioether (sulfide) groups is 1. The molecule has 152 valence electrons. The van der Waals surface area contributed by atoms with Crippen LogP contribution in [-0.2, 0) is 16.6 Å². The number of rotatable bonds is 8. The van der Waals surface area contributed by atoms with Crippen LogP contribution in [0.15, 0.2) is 75.8 Å². The second kappa shape index (κ2) is 9.38. The van der Waals surface area contributed by atoms with Gasteiger partial charge in [0.25, 0.3) is 21.7 Å². The first-order valence-corrected chi connectivity index (χ1v) is 11.6. The topological polar surface area (TPSA) is 75.3 Å². The van der Waals surface area contributed by atoms with E-state index in [-0.39, 0.29) is 22.1 Å². The zero-order valence-electron chi connectivity index (χ0n) is 14.8. The van der Waals surface area contributed by atoms with Crippen molar-refractivity contribution in [2.75, 3.05) is 4.72 Å². The van der Waals surface area contributed by atoms with Gasteiger partial charge in [0.2, 0.25) is 0 Å². The molecule has 0 radical (unpaired) electrons. The van der Waals surface area contributed by atoms with Gasteiger partial charge < -0.3 is 5.32 Å². The van der Waals surface area contributed by atoms with Crippen LogP contribution in [0.2, 0.25) is 0 Å². The molecule has 0 atom stereocenters. The van der Waals surface area contributed by atoms with E-state index < -0.39 is 15.8 Å². The number of hydrogen-bond donors (Lipinski definition) is 2. The standard InChI is InChI=1S/C19H16F2N2O3S3/c20-19(21)28-15-8-6-14(7-9-15)23-29(25,26)17-5-1-3-13(11-17)18(24)22-12-16-4-2-10-27-16/h1-11,19,23H,12H2,(H,22,24). The fourth-order valence-electron chi connectivity index (χ4n) is 2.41. The number of carbonyl (C=O) groups is 1. The van der Waals surface area contributed by atoms with E-state index in [4.69, 9.17) is 0 Å². The number of sulfonamides is 1. The van der Waals surface area contributed by atoms with Crippen LogP contribution in [0, 0.1) is 0 Å². The van der Waals surface area contributed by atoms with Gasteiger partial charge in [0.15, 0.2) is 0 Å². The van der Waals surface area contributed by atoms with E-state index in [1.165, 1.54) is 59.9 Å². The minimum Gasteiger partial charge on any atom is -0.347 e. The molecule has 3 aromatic rings. The van der Waals surface area contributed by atoms with Crippen molar-refractivity contribution in [2.45, 2.75) is 22.1 Å². The van der Waals surface area contributed by atoms with Crippen LogP contribution in [0.1, 0.15) is 15.2 Å². The highest BCUT2D eigenvalue weighted by Crippen LogP contribution is 2.27. The summed E-state index contributed by atoms with van der Waals surface area (Å²) in [7, 11) is -3.95. The maximum absolute atomic E-state index is 12.6. The summed E-state index contributed by atoms with van der Waals surface area (Å²) in [5.74, 6) is -2.94. The highest BCUT2D eigenvalue weighted by molar-refractivity contribution is 7.99. The van der Waals surface area contributed by atoms with Crippen LogP contribution in [-0.4, -0.2) is 20.1 Å². The van der Waals surface area contributed by atoms with Crippen LogP contribution in [0.4, 0.5) is 14.5 Å². The third-order valence-electron chi connectivity index (χ3n) is 3.74. The number of alkyl halides is 2. The summed E-state index contributed by atoms with van der Waals surface area (Å²) in [4.78, 5) is 13.6. The van der Waals surface area contributed by atoms with Gasteiger partial charge in [0.05, 0.1) is 11.4 Å². The van der Waals surface area contributed by atoms with Gasteiger partial charge in [0, 0.05) is 21.0 Å². The van der Waals surface area contributed by atoms with Gasteiger partial charge in [-0.15, -0.1) is 11.3 Å². The lowest BCUT2D eigenvalue weighted by Crippen LogP contribution is -2.23. The molecular formula is C19H16F2N2O3S3. The normalized spacial score (nSPS) is 11.4. The first kappa shape index (κ1) is 21.3. The van der Waals surface area contributed by atoms with Gasteiger partial charge in [-0.1, -0.05) is 23.9 Å². The number of anilines is 1. The first-order valence-electron chi connectivity index (χ1n) is 8.32. The Balaban J connectivity index is 1.70. The zero-order valence-corrected chi connectivity index (χ0v) is 17.3. The van der Waals surface area contributed by atoms with Crippen molar-refractivity contribution in [2.24, 2.45) is 0 Å². The third kappa shape index (κ3) is 6.02. The number of nitrogens with one attached hydrogen (secondary N) is 2. The Kier molecular flexibility index (Phi) is 6.88. The number of thiophene rings is 1. The molecule has 0 spiro atoms. The Morgan fingerprint density at radius 1 is 1.07 bits per heavy atom. The SMILES string of the molecule is O=C(NCc1cccs1)c1cccc(S(=O)(=O)Nc2ccc(SC(F)F)cc2)c1. The van der Waals surface area contributed by atoms with Crippen molar-refractivity contribution < 1.29 is 22.0 Å². The third-order valence-corrected chi connectivity index (χ3v) is 6.72. The number of benzene rings is 2. The lowest BCUT2D eigenvalue weighted by molar-refractivity contribution is 0.0951. The van der Waals surface area contributed by atoms with E-state index in [9.17, 15) is 22.0 Å².